The Labute approximate surface area is 65.5 Å². The maximum atomic E-state index is 8.07. The molecule has 0 spiro atoms. The summed E-state index contributed by atoms with van der Waals surface area (Å²) in [6.07, 6.45) is 2.79. The monoisotopic (exact) mass is 237 g/mol. The molecule has 48 valence electrons. The predicted octanol–water partition coefficient (Wildman–Crippen LogP) is 1.69. The SMILES string of the molecule is ON=Cc1occc1I. The van der Waals surface area contributed by atoms with Crippen LogP contribution in [0.5, 0.6) is 0 Å². The van der Waals surface area contributed by atoms with Crippen LogP contribution in [0.1, 0.15) is 5.76 Å². The highest BCUT2D eigenvalue weighted by molar-refractivity contribution is 14.1. The highest BCUT2D eigenvalue weighted by Crippen LogP contribution is 2.09. The molecule has 3 nitrogen and oxygen atoms in total. The number of furan rings is 1. The van der Waals surface area contributed by atoms with E-state index in [4.69, 9.17) is 9.62 Å². The van der Waals surface area contributed by atoms with Crippen LogP contribution in [0, 0.1) is 3.57 Å². The maximum absolute atomic E-state index is 8.07. The molecule has 4 heteroatoms. The van der Waals surface area contributed by atoms with Gasteiger partial charge in [0.15, 0.2) is 5.76 Å². The van der Waals surface area contributed by atoms with Gasteiger partial charge in [0.05, 0.1) is 9.83 Å². The summed E-state index contributed by atoms with van der Waals surface area (Å²) in [5.74, 6) is 0.582. The van der Waals surface area contributed by atoms with Crippen molar-refractivity contribution < 1.29 is 9.62 Å². The van der Waals surface area contributed by atoms with Crippen LogP contribution in [0.3, 0.4) is 0 Å². The van der Waals surface area contributed by atoms with Gasteiger partial charge in [-0.2, -0.15) is 0 Å². The van der Waals surface area contributed by atoms with Crippen molar-refractivity contribution in [2.24, 2.45) is 5.16 Å². The van der Waals surface area contributed by atoms with Gasteiger partial charge in [0.25, 0.3) is 0 Å². The van der Waals surface area contributed by atoms with E-state index < -0.39 is 0 Å². The second-order valence-corrected chi connectivity index (χ2v) is 2.54. The predicted molar refractivity (Wildman–Crippen MR) is 40.8 cm³/mol. The topological polar surface area (TPSA) is 45.7 Å². The number of oxime groups is 1. The summed E-state index contributed by atoms with van der Waals surface area (Å²) in [6, 6.07) is 1.79. The second kappa shape index (κ2) is 2.86. The molecule has 0 saturated carbocycles. The molecule has 0 fully saturated rings. The molecular weight excluding hydrogens is 233 g/mol. The summed E-state index contributed by atoms with van der Waals surface area (Å²) >= 11 is 2.08. The highest BCUT2D eigenvalue weighted by Gasteiger charge is 1.96. The van der Waals surface area contributed by atoms with Gasteiger partial charge in [-0.3, -0.25) is 0 Å². The van der Waals surface area contributed by atoms with E-state index in [1.165, 1.54) is 6.21 Å². The minimum atomic E-state index is 0.582. The molecule has 1 aromatic rings. The Morgan fingerprint density at radius 3 is 3.00 bits per heavy atom. The van der Waals surface area contributed by atoms with Gasteiger partial charge < -0.3 is 9.62 Å². The Kier molecular flexibility index (Phi) is 2.10. The van der Waals surface area contributed by atoms with E-state index in [1.807, 2.05) is 0 Å². The van der Waals surface area contributed by atoms with Crippen molar-refractivity contribution in [2.75, 3.05) is 0 Å². The van der Waals surface area contributed by atoms with E-state index in [9.17, 15) is 0 Å². The molecule has 1 rings (SSSR count). The van der Waals surface area contributed by atoms with Gasteiger partial charge in [-0.05, 0) is 28.7 Å². The maximum Gasteiger partial charge on any atom is 0.161 e. The third-order valence-electron chi connectivity index (χ3n) is 0.820. The highest BCUT2D eigenvalue weighted by atomic mass is 127. The average molecular weight is 237 g/mol. The Hall–Kier alpha value is -0.520. The number of halogens is 1. The first-order valence-electron chi connectivity index (χ1n) is 2.25. The first-order chi connectivity index (χ1) is 4.34. The van der Waals surface area contributed by atoms with Crippen LogP contribution in [0.25, 0.3) is 0 Å². The van der Waals surface area contributed by atoms with Crippen LogP contribution in [0.4, 0.5) is 0 Å². The molecule has 0 aliphatic rings. The summed E-state index contributed by atoms with van der Waals surface area (Å²) in [7, 11) is 0. The van der Waals surface area contributed by atoms with Crippen LogP contribution in [-0.4, -0.2) is 11.4 Å². The van der Waals surface area contributed by atoms with Crippen LogP contribution in [0.15, 0.2) is 21.9 Å². The van der Waals surface area contributed by atoms with Crippen molar-refractivity contribution in [3.8, 4) is 0 Å². The number of nitrogens with zero attached hydrogens (tertiary/aromatic N) is 1. The molecule has 1 heterocycles. The van der Waals surface area contributed by atoms with Gasteiger partial charge in [0.2, 0.25) is 0 Å². The van der Waals surface area contributed by atoms with Gasteiger partial charge >= 0.3 is 0 Å². The van der Waals surface area contributed by atoms with E-state index in [-0.39, 0.29) is 0 Å². The van der Waals surface area contributed by atoms with Crippen molar-refractivity contribution in [2.45, 2.75) is 0 Å². The number of hydrogen-bond acceptors (Lipinski definition) is 3. The fourth-order valence-electron chi connectivity index (χ4n) is 0.450. The Bertz CT molecular complexity index is 218. The van der Waals surface area contributed by atoms with Crippen molar-refractivity contribution in [1.29, 1.82) is 0 Å². The van der Waals surface area contributed by atoms with Crippen molar-refractivity contribution >= 4 is 28.8 Å². The van der Waals surface area contributed by atoms with Gasteiger partial charge in [0, 0.05) is 0 Å². The van der Waals surface area contributed by atoms with Crippen LogP contribution >= 0.6 is 22.6 Å². The third kappa shape index (κ3) is 1.44. The summed E-state index contributed by atoms with van der Waals surface area (Å²) in [6.45, 7) is 0. The summed E-state index contributed by atoms with van der Waals surface area (Å²) in [4.78, 5) is 0. The summed E-state index contributed by atoms with van der Waals surface area (Å²) in [5.41, 5.74) is 0. The lowest BCUT2D eigenvalue weighted by Crippen LogP contribution is -1.77. The zero-order valence-corrected chi connectivity index (χ0v) is 6.57. The van der Waals surface area contributed by atoms with Crippen molar-refractivity contribution in [1.82, 2.24) is 0 Å². The molecule has 0 unspecified atom stereocenters. The first-order valence-corrected chi connectivity index (χ1v) is 3.33. The fourth-order valence-corrected chi connectivity index (χ4v) is 0.863. The molecular formula is C5H4INO2. The van der Waals surface area contributed by atoms with Crippen LogP contribution < -0.4 is 0 Å². The summed E-state index contributed by atoms with van der Waals surface area (Å²) in [5, 5.41) is 10.9. The lowest BCUT2D eigenvalue weighted by atomic mass is 10.5. The van der Waals surface area contributed by atoms with Crippen molar-refractivity contribution in [3.05, 3.63) is 21.7 Å². The normalized spacial score (nSPS) is 10.8. The van der Waals surface area contributed by atoms with Gasteiger partial charge in [-0.25, -0.2) is 0 Å². The van der Waals surface area contributed by atoms with E-state index in [0.29, 0.717) is 5.76 Å². The standard InChI is InChI=1S/C5H4INO2/c6-4-1-2-9-5(4)3-7-8/h1-3,8H. The average Bonchev–Trinajstić information content (AvgIpc) is 2.18. The lowest BCUT2D eigenvalue weighted by Gasteiger charge is -1.80. The molecule has 0 bridgehead atoms. The minimum Gasteiger partial charge on any atom is -0.462 e. The number of hydrogen-bond donors (Lipinski definition) is 1. The van der Waals surface area contributed by atoms with E-state index in [1.54, 1.807) is 12.3 Å². The molecule has 0 saturated heterocycles. The van der Waals surface area contributed by atoms with Gasteiger partial charge in [-0.1, -0.05) is 5.16 Å². The smallest absolute Gasteiger partial charge is 0.161 e. The van der Waals surface area contributed by atoms with Crippen LogP contribution in [-0.2, 0) is 0 Å². The molecule has 0 aliphatic heterocycles. The quantitative estimate of drug-likeness (QED) is 0.349. The summed E-state index contributed by atoms with van der Waals surface area (Å²) < 4.78 is 5.82. The first kappa shape index (κ1) is 6.60. The zero-order chi connectivity index (χ0) is 6.69. The minimum absolute atomic E-state index is 0.582. The molecule has 0 aliphatic carbocycles. The van der Waals surface area contributed by atoms with Gasteiger partial charge in [-0.15, -0.1) is 0 Å². The molecule has 1 aromatic heterocycles. The largest absolute Gasteiger partial charge is 0.462 e. The molecule has 0 amide bonds. The third-order valence-corrected chi connectivity index (χ3v) is 1.71. The molecule has 9 heavy (non-hydrogen) atoms. The molecule has 0 radical (unpaired) electrons. The zero-order valence-electron chi connectivity index (χ0n) is 4.41. The Morgan fingerprint density at radius 1 is 1.78 bits per heavy atom. The molecule has 1 N–H and O–H groups in total. The van der Waals surface area contributed by atoms with E-state index in [2.05, 4.69) is 27.7 Å². The Balaban J connectivity index is 2.94. The Morgan fingerprint density at radius 2 is 2.56 bits per heavy atom. The molecule has 0 aromatic carbocycles. The second-order valence-electron chi connectivity index (χ2n) is 1.38. The fraction of sp³-hybridized carbons (Fsp3) is 0. The molecule has 0 atom stereocenters. The lowest BCUT2D eigenvalue weighted by molar-refractivity contribution is 0.320. The van der Waals surface area contributed by atoms with E-state index >= 15 is 0 Å². The van der Waals surface area contributed by atoms with Crippen LogP contribution in [0.2, 0.25) is 0 Å². The van der Waals surface area contributed by atoms with E-state index in [0.717, 1.165) is 3.57 Å². The van der Waals surface area contributed by atoms with Crippen molar-refractivity contribution in [3.63, 3.8) is 0 Å². The number of rotatable bonds is 1. The van der Waals surface area contributed by atoms with Gasteiger partial charge in [0.1, 0.15) is 6.21 Å².